The van der Waals surface area contributed by atoms with Crippen molar-refractivity contribution in [1.82, 2.24) is 14.8 Å². The van der Waals surface area contributed by atoms with Crippen LogP contribution in [-0.4, -0.2) is 20.7 Å². The molecule has 0 saturated heterocycles. The van der Waals surface area contributed by atoms with Crippen LogP contribution < -0.4 is 5.32 Å². The molecular weight excluding hydrogens is 499 g/mol. The van der Waals surface area contributed by atoms with E-state index in [-0.39, 0.29) is 5.82 Å². The van der Waals surface area contributed by atoms with Crippen LogP contribution in [-0.2, 0) is 0 Å². The van der Waals surface area contributed by atoms with Crippen LogP contribution in [0.25, 0.3) is 17.1 Å². The lowest BCUT2D eigenvalue weighted by Gasteiger charge is -2.08. The fourth-order valence-corrected chi connectivity index (χ4v) is 3.62. The summed E-state index contributed by atoms with van der Waals surface area (Å²) in [4.78, 5) is 17.5. The van der Waals surface area contributed by atoms with Crippen LogP contribution in [0.3, 0.4) is 0 Å². The zero-order chi connectivity index (χ0) is 22.1. The van der Waals surface area contributed by atoms with E-state index < -0.39 is 5.91 Å². The third-order valence-electron chi connectivity index (χ3n) is 4.83. The topological polar surface area (TPSA) is 59.8 Å². The Morgan fingerprint density at radius 2 is 1.74 bits per heavy atom. The minimum atomic E-state index is -0.430. The average Bonchev–Trinajstić information content (AvgIpc) is 3.19. The summed E-state index contributed by atoms with van der Waals surface area (Å²) in [6.07, 6.45) is 0. The van der Waals surface area contributed by atoms with Crippen LogP contribution in [0.15, 0.2) is 65.1 Å². The van der Waals surface area contributed by atoms with Gasteiger partial charge in [0, 0.05) is 25.8 Å². The van der Waals surface area contributed by atoms with E-state index in [0.717, 1.165) is 21.2 Å². The first-order chi connectivity index (χ1) is 14.8. The minimum absolute atomic E-state index is 0.0361. The summed E-state index contributed by atoms with van der Waals surface area (Å²) in [5, 5.41) is 8.51. The summed E-state index contributed by atoms with van der Waals surface area (Å²) < 4.78 is 2.56. The van der Waals surface area contributed by atoms with Gasteiger partial charge in [0.25, 0.3) is 5.91 Å². The molecule has 1 N–H and O–H groups in total. The molecular formula is C23H17BrCl2N4O. The first-order valence-electron chi connectivity index (χ1n) is 9.39. The van der Waals surface area contributed by atoms with E-state index in [9.17, 15) is 4.79 Å². The number of anilines is 1. The fourth-order valence-electron chi connectivity index (χ4n) is 3.01. The van der Waals surface area contributed by atoms with E-state index in [4.69, 9.17) is 23.2 Å². The van der Waals surface area contributed by atoms with Crippen LogP contribution in [0.4, 0.5) is 5.69 Å². The number of hydrogen-bond donors (Lipinski definition) is 1. The second-order valence-electron chi connectivity index (χ2n) is 6.98. The molecule has 0 atom stereocenters. The number of hydrogen-bond acceptors (Lipinski definition) is 3. The van der Waals surface area contributed by atoms with Crippen molar-refractivity contribution in [3.05, 3.63) is 92.1 Å². The highest BCUT2D eigenvalue weighted by Gasteiger charge is 2.20. The number of aromatic nitrogens is 3. The van der Waals surface area contributed by atoms with Crippen LogP contribution >= 0.6 is 39.1 Å². The maximum Gasteiger partial charge on any atom is 0.295 e. The molecule has 0 aliphatic rings. The van der Waals surface area contributed by atoms with Crippen molar-refractivity contribution in [3.63, 3.8) is 0 Å². The van der Waals surface area contributed by atoms with Gasteiger partial charge >= 0.3 is 0 Å². The molecule has 0 unspecified atom stereocenters. The Bertz CT molecular complexity index is 1290. The van der Waals surface area contributed by atoms with E-state index >= 15 is 0 Å². The summed E-state index contributed by atoms with van der Waals surface area (Å²) >= 11 is 15.9. The van der Waals surface area contributed by atoms with Crippen molar-refractivity contribution in [2.45, 2.75) is 13.8 Å². The van der Waals surface area contributed by atoms with Gasteiger partial charge in [-0.25, -0.2) is 9.67 Å². The number of nitrogens with one attached hydrogen (secondary N) is 1. The summed E-state index contributed by atoms with van der Waals surface area (Å²) in [6, 6.07) is 18.6. The Morgan fingerprint density at radius 1 is 1.00 bits per heavy atom. The first kappa shape index (κ1) is 21.6. The molecule has 0 saturated carbocycles. The van der Waals surface area contributed by atoms with Gasteiger partial charge in [0.05, 0.1) is 5.69 Å². The van der Waals surface area contributed by atoms with Crippen LogP contribution in [0, 0.1) is 13.8 Å². The first-order valence-corrected chi connectivity index (χ1v) is 10.9. The molecule has 1 aromatic heterocycles. The summed E-state index contributed by atoms with van der Waals surface area (Å²) in [5.74, 6) is 0.134. The van der Waals surface area contributed by atoms with Gasteiger partial charge in [-0.1, -0.05) is 63.4 Å². The molecule has 0 fully saturated rings. The summed E-state index contributed by atoms with van der Waals surface area (Å²) in [7, 11) is 0. The molecule has 1 heterocycles. The average molecular weight is 516 g/mol. The monoisotopic (exact) mass is 514 g/mol. The number of carbonyl (C=O) groups excluding carboxylic acids is 1. The molecule has 31 heavy (non-hydrogen) atoms. The maximum atomic E-state index is 13.0. The van der Waals surface area contributed by atoms with E-state index in [1.807, 2.05) is 50.2 Å². The number of aryl methyl sites for hydroxylation is 1. The van der Waals surface area contributed by atoms with Crippen LogP contribution in [0.2, 0.25) is 10.0 Å². The molecule has 0 aliphatic carbocycles. The summed E-state index contributed by atoms with van der Waals surface area (Å²) in [5.41, 5.74) is 3.85. The molecule has 8 heteroatoms. The Balaban J connectivity index is 1.78. The molecule has 0 aliphatic heterocycles. The molecule has 0 spiro atoms. The number of amides is 1. The van der Waals surface area contributed by atoms with Crippen molar-refractivity contribution in [2.75, 3.05) is 5.32 Å². The van der Waals surface area contributed by atoms with Gasteiger partial charge in [0.2, 0.25) is 5.82 Å². The number of halogens is 3. The highest BCUT2D eigenvalue weighted by Crippen LogP contribution is 2.27. The van der Waals surface area contributed by atoms with Crippen LogP contribution in [0.1, 0.15) is 21.7 Å². The molecule has 0 radical (unpaired) electrons. The third-order valence-corrected chi connectivity index (χ3v) is 6.17. The molecule has 4 rings (SSSR count). The van der Waals surface area contributed by atoms with E-state index in [1.165, 1.54) is 0 Å². The molecule has 0 bridgehead atoms. The largest absolute Gasteiger partial charge is 0.319 e. The number of benzene rings is 3. The predicted molar refractivity (Wildman–Crippen MR) is 128 cm³/mol. The minimum Gasteiger partial charge on any atom is -0.319 e. The zero-order valence-corrected chi connectivity index (χ0v) is 19.8. The SMILES string of the molecule is Cc1ccc(-n2nc(C(=O)Nc3cccc(Cl)c3C)nc2-c2ccc(Br)cc2)cc1Cl. The zero-order valence-electron chi connectivity index (χ0n) is 16.7. The van der Waals surface area contributed by atoms with Crippen LogP contribution in [0.5, 0.6) is 0 Å². The third kappa shape index (κ3) is 4.51. The van der Waals surface area contributed by atoms with Gasteiger partial charge in [0.1, 0.15) is 0 Å². The number of nitrogens with zero attached hydrogens (tertiary/aromatic N) is 3. The predicted octanol–water partition coefficient (Wildman–Crippen LogP) is 6.87. The van der Waals surface area contributed by atoms with E-state index in [2.05, 4.69) is 31.3 Å². The molecule has 5 nitrogen and oxygen atoms in total. The summed E-state index contributed by atoms with van der Waals surface area (Å²) in [6.45, 7) is 3.76. The molecule has 4 aromatic rings. The van der Waals surface area contributed by atoms with Crippen molar-refractivity contribution in [1.29, 1.82) is 0 Å². The molecule has 156 valence electrons. The van der Waals surface area contributed by atoms with E-state index in [1.54, 1.807) is 28.9 Å². The van der Waals surface area contributed by atoms with Crippen molar-refractivity contribution < 1.29 is 4.79 Å². The highest BCUT2D eigenvalue weighted by molar-refractivity contribution is 9.10. The Morgan fingerprint density at radius 3 is 2.45 bits per heavy atom. The standard InChI is InChI=1S/C23H17BrCl2N4O/c1-13-6-11-17(12-19(13)26)30-22(15-7-9-16(24)10-8-15)28-21(29-30)23(31)27-20-5-3-4-18(25)14(20)2/h3-12H,1-2H3,(H,27,31). The second-order valence-corrected chi connectivity index (χ2v) is 8.71. The Labute approximate surface area is 198 Å². The number of rotatable bonds is 4. The van der Waals surface area contributed by atoms with Gasteiger partial charge in [-0.3, -0.25) is 4.79 Å². The number of carbonyl (C=O) groups is 1. The van der Waals surface area contributed by atoms with Gasteiger partial charge in [-0.2, -0.15) is 0 Å². The van der Waals surface area contributed by atoms with Gasteiger partial charge < -0.3 is 5.32 Å². The van der Waals surface area contributed by atoms with Gasteiger partial charge in [0.15, 0.2) is 5.82 Å². The second kappa shape index (κ2) is 8.83. The molecule has 3 aromatic carbocycles. The van der Waals surface area contributed by atoms with E-state index in [0.29, 0.717) is 27.2 Å². The van der Waals surface area contributed by atoms with Crippen molar-refractivity contribution >= 4 is 50.7 Å². The van der Waals surface area contributed by atoms with Crippen molar-refractivity contribution in [2.24, 2.45) is 0 Å². The maximum absolute atomic E-state index is 13.0. The van der Waals surface area contributed by atoms with Gasteiger partial charge in [-0.15, -0.1) is 5.10 Å². The Kier molecular flexibility index (Phi) is 6.14. The lowest BCUT2D eigenvalue weighted by Crippen LogP contribution is -2.15. The lowest BCUT2D eigenvalue weighted by atomic mass is 10.2. The quantitative estimate of drug-likeness (QED) is 0.322. The lowest BCUT2D eigenvalue weighted by molar-refractivity contribution is 0.101. The highest BCUT2D eigenvalue weighted by atomic mass is 79.9. The normalized spacial score (nSPS) is 10.9. The fraction of sp³-hybridized carbons (Fsp3) is 0.0870. The van der Waals surface area contributed by atoms with Gasteiger partial charge in [-0.05, 0) is 61.4 Å². The Hall–Kier alpha value is -2.67. The van der Waals surface area contributed by atoms with Crippen molar-refractivity contribution in [3.8, 4) is 17.1 Å². The molecule has 1 amide bonds. The smallest absolute Gasteiger partial charge is 0.295 e.